The number of ether oxygens (including phenoxy) is 2. The van der Waals surface area contributed by atoms with Crippen LogP contribution in [0.2, 0.25) is 0 Å². The van der Waals surface area contributed by atoms with Crippen LogP contribution in [0.5, 0.6) is 5.75 Å². The number of amides is 2. The number of carbonyl (C=O) groups excluding carboxylic acids is 3. The second kappa shape index (κ2) is 9.22. The summed E-state index contributed by atoms with van der Waals surface area (Å²) in [6, 6.07) is 15.4. The Labute approximate surface area is 151 Å². The topological polar surface area (TPSA) is 93.7 Å². The summed E-state index contributed by atoms with van der Waals surface area (Å²) in [6.07, 6.45) is -1.05. The highest BCUT2D eigenvalue weighted by molar-refractivity contribution is 5.95. The molecule has 0 saturated heterocycles. The minimum absolute atomic E-state index is 0.00515. The van der Waals surface area contributed by atoms with E-state index in [0.717, 1.165) is 0 Å². The molecular formula is C19H20N2O5. The molecule has 136 valence electrons. The Bertz CT molecular complexity index is 777. The summed E-state index contributed by atoms with van der Waals surface area (Å²) < 4.78 is 10.2. The van der Waals surface area contributed by atoms with Crippen molar-refractivity contribution in [2.75, 3.05) is 7.11 Å². The Morgan fingerprint density at radius 2 is 1.73 bits per heavy atom. The van der Waals surface area contributed by atoms with Crippen LogP contribution in [0.1, 0.15) is 22.8 Å². The maximum atomic E-state index is 12.0. The van der Waals surface area contributed by atoms with Gasteiger partial charge >= 0.3 is 5.97 Å². The second-order valence-corrected chi connectivity index (χ2v) is 5.47. The van der Waals surface area contributed by atoms with Crippen LogP contribution in [0.25, 0.3) is 0 Å². The van der Waals surface area contributed by atoms with Gasteiger partial charge in [0.15, 0.2) is 6.10 Å². The molecule has 2 N–H and O–H groups in total. The van der Waals surface area contributed by atoms with Gasteiger partial charge < -0.3 is 9.47 Å². The lowest BCUT2D eigenvalue weighted by molar-refractivity contribution is -0.154. The SMILES string of the molecule is COc1cccc(CC(=O)O[C@@H](C)C(=O)NNC(=O)c2ccccc2)c1. The van der Waals surface area contributed by atoms with Gasteiger partial charge in [-0.1, -0.05) is 30.3 Å². The van der Waals surface area contributed by atoms with Crippen molar-refractivity contribution in [3.8, 4) is 5.75 Å². The lowest BCUT2D eigenvalue weighted by Gasteiger charge is -2.14. The van der Waals surface area contributed by atoms with Crippen LogP contribution in [0, 0.1) is 0 Å². The number of methoxy groups -OCH3 is 1. The standard InChI is InChI=1S/C19H20N2O5/c1-13(18(23)20-21-19(24)15-8-4-3-5-9-15)26-17(22)12-14-7-6-10-16(11-14)25-2/h3-11,13H,12H2,1-2H3,(H,20,23)(H,21,24)/t13-/m0/s1. The van der Waals surface area contributed by atoms with E-state index in [1.165, 1.54) is 14.0 Å². The lowest BCUT2D eigenvalue weighted by atomic mass is 10.1. The predicted octanol–water partition coefficient (Wildman–Crippen LogP) is 1.63. The van der Waals surface area contributed by atoms with E-state index in [-0.39, 0.29) is 6.42 Å². The van der Waals surface area contributed by atoms with Gasteiger partial charge in [-0.3, -0.25) is 25.2 Å². The van der Waals surface area contributed by atoms with Crippen molar-refractivity contribution in [1.82, 2.24) is 10.9 Å². The molecule has 0 heterocycles. The van der Waals surface area contributed by atoms with E-state index in [0.29, 0.717) is 16.9 Å². The fourth-order valence-corrected chi connectivity index (χ4v) is 2.12. The number of carbonyl (C=O) groups is 3. The molecule has 0 spiro atoms. The molecule has 1 atom stereocenters. The van der Waals surface area contributed by atoms with Gasteiger partial charge in [-0.15, -0.1) is 0 Å². The van der Waals surface area contributed by atoms with Crippen LogP contribution in [-0.2, 0) is 20.7 Å². The fraction of sp³-hybridized carbons (Fsp3) is 0.211. The summed E-state index contributed by atoms with van der Waals surface area (Å²) in [7, 11) is 1.54. The van der Waals surface area contributed by atoms with Gasteiger partial charge in [0.25, 0.3) is 11.8 Å². The zero-order chi connectivity index (χ0) is 18.9. The minimum Gasteiger partial charge on any atom is -0.497 e. The third-order valence-corrected chi connectivity index (χ3v) is 3.50. The third kappa shape index (κ3) is 5.62. The molecule has 2 amide bonds. The molecular weight excluding hydrogens is 336 g/mol. The van der Waals surface area contributed by atoms with E-state index in [9.17, 15) is 14.4 Å². The van der Waals surface area contributed by atoms with E-state index in [4.69, 9.17) is 9.47 Å². The second-order valence-electron chi connectivity index (χ2n) is 5.47. The number of nitrogens with one attached hydrogen (secondary N) is 2. The first kappa shape index (κ1) is 19.0. The Balaban J connectivity index is 1.80. The van der Waals surface area contributed by atoms with Crippen LogP contribution in [0.3, 0.4) is 0 Å². The number of hydrazine groups is 1. The third-order valence-electron chi connectivity index (χ3n) is 3.50. The summed E-state index contributed by atoms with van der Waals surface area (Å²) in [5, 5.41) is 0. The number of hydrogen-bond acceptors (Lipinski definition) is 5. The summed E-state index contributed by atoms with van der Waals surface area (Å²) in [5.74, 6) is -1.03. The van der Waals surface area contributed by atoms with Crippen molar-refractivity contribution >= 4 is 17.8 Å². The van der Waals surface area contributed by atoms with Crippen molar-refractivity contribution in [2.24, 2.45) is 0 Å². The molecule has 0 aliphatic rings. The Morgan fingerprint density at radius 1 is 1.00 bits per heavy atom. The molecule has 0 radical (unpaired) electrons. The zero-order valence-corrected chi connectivity index (χ0v) is 14.5. The zero-order valence-electron chi connectivity index (χ0n) is 14.5. The molecule has 0 aliphatic heterocycles. The average molecular weight is 356 g/mol. The first-order chi connectivity index (χ1) is 12.5. The van der Waals surface area contributed by atoms with E-state index < -0.39 is 23.9 Å². The number of rotatable bonds is 6. The summed E-state index contributed by atoms with van der Waals surface area (Å²) >= 11 is 0. The number of benzene rings is 2. The molecule has 2 rings (SSSR count). The van der Waals surface area contributed by atoms with Gasteiger partial charge in [0.1, 0.15) is 5.75 Å². The normalized spacial score (nSPS) is 11.2. The van der Waals surface area contributed by atoms with E-state index in [2.05, 4.69) is 10.9 Å². The lowest BCUT2D eigenvalue weighted by Crippen LogP contribution is -2.46. The predicted molar refractivity (Wildman–Crippen MR) is 94.3 cm³/mol. The van der Waals surface area contributed by atoms with Gasteiger partial charge in [-0.2, -0.15) is 0 Å². The number of hydrogen-bond donors (Lipinski definition) is 2. The maximum absolute atomic E-state index is 12.0. The Morgan fingerprint density at radius 3 is 2.42 bits per heavy atom. The highest BCUT2D eigenvalue weighted by Crippen LogP contribution is 2.13. The quantitative estimate of drug-likeness (QED) is 0.606. The largest absolute Gasteiger partial charge is 0.497 e. The summed E-state index contributed by atoms with van der Waals surface area (Å²) in [6.45, 7) is 1.42. The molecule has 0 aromatic heterocycles. The number of esters is 1. The first-order valence-corrected chi connectivity index (χ1v) is 7.97. The molecule has 2 aromatic rings. The highest BCUT2D eigenvalue weighted by Gasteiger charge is 2.19. The van der Waals surface area contributed by atoms with E-state index in [1.807, 2.05) is 0 Å². The van der Waals surface area contributed by atoms with Crippen LogP contribution in [0.15, 0.2) is 54.6 Å². The van der Waals surface area contributed by atoms with Gasteiger partial charge in [0.2, 0.25) is 0 Å². The smallest absolute Gasteiger partial charge is 0.311 e. The molecule has 7 nitrogen and oxygen atoms in total. The van der Waals surface area contributed by atoms with Gasteiger partial charge in [0, 0.05) is 5.56 Å². The van der Waals surface area contributed by atoms with Crippen LogP contribution in [0.4, 0.5) is 0 Å². The maximum Gasteiger partial charge on any atom is 0.311 e. The van der Waals surface area contributed by atoms with Crippen molar-refractivity contribution in [3.05, 3.63) is 65.7 Å². The van der Waals surface area contributed by atoms with Crippen molar-refractivity contribution in [3.63, 3.8) is 0 Å². The molecule has 0 saturated carbocycles. The van der Waals surface area contributed by atoms with Crippen molar-refractivity contribution < 1.29 is 23.9 Å². The van der Waals surface area contributed by atoms with Crippen molar-refractivity contribution in [1.29, 1.82) is 0 Å². The summed E-state index contributed by atoms with van der Waals surface area (Å²) in [4.78, 5) is 35.8. The molecule has 0 bridgehead atoms. The summed E-state index contributed by atoms with van der Waals surface area (Å²) in [5.41, 5.74) is 5.61. The molecule has 0 fully saturated rings. The molecule has 0 aliphatic carbocycles. The molecule has 0 unspecified atom stereocenters. The highest BCUT2D eigenvalue weighted by atomic mass is 16.5. The minimum atomic E-state index is -1.05. The molecule has 7 heteroatoms. The molecule has 2 aromatic carbocycles. The Hall–Kier alpha value is -3.35. The fourth-order valence-electron chi connectivity index (χ4n) is 2.12. The van der Waals surface area contributed by atoms with E-state index in [1.54, 1.807) is 54.6 Å². The van der Waals surface area contributed by atoms with Crippen molar-refractivity contribution in [2.45, 2.75) is 19.4 Å². The Kier molecular flexibility index (Phi) is 6.73. The van der Waals surface area contributed by atoms with Gasteiger partial charge in [0.05, 0.1) is 13.5 Å². The molecule has 26 heavy (non-hydrogen) atoms. The average Bonchev–Trinajstić information content (AvgIpc) is 2.66. The van der Waals surface area contributed by atoms with Gasteiger partial charge in [-0.05, 0) is 36.8 Å². The van der Waals surface area contributed by atoms with Crippen LogP contribution < -0.4 is 15.6 Å². The van der Waals surface area contributed by atoms with Gasteiger partial charge in [-0.25, -0.2) is 0 Å². The van der Waals surface area contributed by atoms with Crippen LogP contribution >= 0.6 is 0 Å². The first-order valence-electron chi connectivity index (χ1n) is 7.97. The van der Waals surface area contributed by atoms with Crippen LogP contribution in [-0.4, -0.2) is 31.0 Å². The monoisotopic (exact) mass is 356 g/mol. The van der Waals surface area contributed by atoms with E-state index >= 15 is 0 Å².